The van der Waals surface area contributed by atoms with E-state index >= 15 is 0 Å². The highest BCUT2D eigenvalue weighted by Crippen LogP contribution is 2.31. The number of rotatable bonds is 3. The Balaban J connectivity index is 1.83. The van der Waals surface area contributed by atoms with E-state index in [1.807, 2.05) is 11.8 Å². The van der Waals surface area contributed by atoms with E-state index in [-0.39, 0.29) is 18.1 Å². The van der Waals surface area contributed by atoms with Crippen LogP contribution in [0.4, 0.5) is 4.79 Å². The molecule has 0 radical (unpaired) electrons. The number of aliphatic carboxylic acids is 1. The van der Waals surface area contributed by atoms with Gasteiger partial charge in [-0.1, -0.05) is 13.8 Å². The molecule has 0 saturated carbocycles. The molecule has 0 unspecified atom stereocenters. The highest BCUT2D eigenvalue weighted by molar-refractivity contribution is 5.76. The zero-order valence-electron chi connectivity index (χ0n) is 12.5. The van der Waals surface area contributed by atoms with Gasteiger partial charge < -0.3 is 19.6 Å². The molecule has 6 nitrogen and oxygen atoms in total. The third-order valence-corrected chi connectivity index (χ3v) is 4.04. The Morgan fingerprint density at radius 1 is 1.15 bits per heavy atom. The molecule has 114 valence electrons. The zero-order valence-corrected chi connectivity index (χ0v) is 12.5. The van der Waals surface area contributed by atoms with Crippen LogP contribution in [0.25, 0.3) is 0 Å². The highest BCUT2D eigenvalue weighted by atomic mass is 16.5. The van der Waals surface area contributed by atoms with Gasteiger partial charge in [-0.05, 0) is 25.2 Å². The van der Waals surface area contributed by atoms with Crippen LogP contribution in [-0.2, 0) is 9.53 Å². The van der Waals surface area contributed by atoms with E-state index in [0.717, 1.165) is 25.9 Å². The number of carboxylic acids is 1. The molecule has 0 aliphatic carbocycles. The monoisotopic (exact) mass is 284 g/mol. The van der Waals surface area contributed by atoms with Crippen LogP contribution < -0.4 is 0 Å². The molecular weight excluding hydrogens is 260 g/mol. The SMILES string of the molecule is CC1(C)CCCN(C(=O)N2CC(C)(OCC(=O)O)C2)C1. The number of hydrogen-bond donors (Lipinski definition) is 1. The second-order valence-corrected chi connectivity index (χ2v) is 6.96. The van der Waals surface area contributed by atoms with Crippen molar-refractivity contribution in [3.05, 3.63) is 0 Å². The van der Waals surface area contributed by atoms with Crippen LogP contribution >= 0.6 is 0 Å². The smallest absolute Gasteiger partial charge is 0.329 e. The van der Waals surface area contributed by atoms with E-state index < -0.39 is 11.6 Å². The van der Waals surface area contributed by atoms with Crippen LogP contribution in [0.5, 0.6) is 0 Å². The number of amides is 2. The van der Waals surface area contributed by atoms with E-state index in [2.05, 4.69) is 13.8 Å². The van der Waals surface area contributed by atoms with Crippen molar-refractivity contribution < 1.29 is 19.4 Å². The number of piperidine rings is 1. The van der Waals surface area contributed by atoms with Gasteiger partial charge in [0.05, 0.1) is 13.1 Å². The Kier molecular flexibility index (Phi) is 3.95. The average molecular weight is 284 g/mol. The average Bonchev–Trinajstić information content (AvgIpc) is 2.31. The Morgan fingerprint density at radius 3 is 2.35 bits per heavy atom. The van der Waals surface area contributed by atoms with Gasteiger partial charge in [0.2, 0.25) is 0 Å². The van der Waals surface area contributed by atoms with Gasteiger partial charge in [-0.25, -0.2) is 9.59 Å². The van der Waals surface area contributed by atoms with E-state index in [4.69, 9.17) is 9.84 Å². The second kappa shape index (κ2) is 5.24. The maximum Gasteiger partial charge on any atom is 0.329 e. The molecule has 6 heteroatoms. The fourth-order valence-electron chi connectivity index (χ4n) is 3.01. The Bertz CT molecular complexity index is 402. The summed E-state index contributed by atoms with van der Waals surface area (Å²) < 4.78 is 5.32. The van der Waals surface area contributed by atoms with Crippen molar-refractivity contribution in [1.82, 2.24) is 9.80 Å². The molecular formula is C14H24N2O4. The predicted molar refractivity (Wildman–Crippen MR) is 73.5 cm³/mol. The molecule has 0 atom stereocenters. The third-order valence-electron chi connectivity index (χ3n) is 4.04. The molecule has 0 bridgehead atoms. The normalized spacial score (nSPS) is 24.1. The zero-order chi connectivity index (χ0) is 15.0. The molecule has 2 fully saturated rings. The molecule has 2 amide bonds. The number of nitrogens with zero attached hydrogens (tertiary/aromatic N) is 2. The first-order chi connectivity index (χ1) is 9.21. The molecule has 0 aromatic carbocycles. The van der Waals surface area contributed by atoms with Crippen molar-refractivity contribution >= 4 is 12.0 Å². The fourth-order valence-corrected chi connectivity index (χ4v) is 3.01. The van der Waals surface area contributed by atoms with Crippen molar-refractivity contribution in [2.45, 2.75) is 39.2 Å². The van der Waals surface area contributed by atoms with Gasteiger partial charge in [0, 0.05) is 13.1 Å². The van der Waals surface area contributed by atoms with Crippen LogP contribution in [0.3, 0.4) is 0 Å². The summed E-state index contributed by atoms with van der Waals surface area (Å²) in [6.07, 6.45) is 2.19. The largest absolute Gasteiger partial charge is 0.480 e. The molecule has 2 aliphatic rings. The number of hydrogen-bond acceptors (Lipinski definition) is 3. The number of urea groups is 1. The van der Waals surface area contributed by atoms with Crippen LogP contribution in [0, 0.1) is 5.41 Å². The Hall–Kier alpha value is -1.30. The molecule has 2 heterocycles. The Labute approximate surface area is 119 Å². The minimum atomic E-state index is -0.978. The maximum atomic E-state index is 12.4. The molecule has 2 saturated heterocycles. The molecule has 2 rings (SSSR count). The summed E-state index contributed by atoms with van der Waals surface area (Å²) in [6.45, 7) is 8.44. The van der Waals surface area contributed by atoms with Crippen LogP contribution in [0.15, 0.2) is 0 Å². The standard InChI is InChI=1S/C14H24N2O4/c1-13(2)5-4-6-15(8-13)12(19)16-9-14(3,10-16)20-7-11(17)18/h4-10H2,1-3H3,(H,17,18). The van der Waals surface area contributed by atoms with Crippen LogP contribution in [0.1, 0.15) is 33.6 Å². The lowest BCUT2D eigenvalue weighted by Crippen LogP contribution is -2.66. The number of carbonyl (C=O) groups is 2. The Morgan fingerprint density at radius 2 is 1.80 bits per heavy atom. The fraction of sp³-hybridized carbons (Fsp3) is 0.857. The third kappa shape index (κ3) is 3.42. The van der Waals surface area contributed by atoms with Crippen LogP contribution in [-0.4, -0.2) is 65.3 Å². The first kappa shape index (κ1) is 15.1. The molecule has 0 aromatic heterocycles. The first-order valence-electron chi connectivity index (χ1n) is 7.10. The summed E-state index contributed by atoms with van der Waals surface area (Å²) in [7, 11) is 0. The quantitative estimate of drug-likeness (QED) is 0.850. The van der Waals surface area contributed by atoms with E-state index in [1.165, 1.54) is 0 Å². The number of ether oxygens (including phenoxy) is 1. The van der Waals surface area contributed by atoms with Crippen molar-refractivity contribution in [3.8, 4) is 0 Å². The number of carbonyl (C=O) groups excluding carboxylic acids is 1. The summed E-state index contributed by atoms with van der Waals surface area (Å²) in [6, 6.07) is 0.0502. The molecule has 0 aromatic rings. The summed E-state index contributed by atoms with van der Waals surface area (Å²) in [5.74, 6) is -0.978. The van der Waals surface area contributed by atoms with Gasteiger partial charge >= 0.3 is 12.0 Å². The highest BCUT2D eigenvalue weighted by Gasteiger charge is 2.45. The van der Waals surface area contributed by atoms with Crippen molar-refractivity contribution in [2.24, 2.45) is 5.41 Å². The summed E-state index contributed by atoms with van der Waals surface area (Å²) in [5.41, 5.74) is -0.332. The van der Waals surface area contributed by atoms with Gasteiger partial charge in [0.15, 0.2) is 0 Å². The van der Waals surface area contributed by atoms with Gasteiger partial charge in [0.1, 0.15) is 12.2 Å². The summed E-state index contributed by atoms with van der Waals surface area (Å²) >= 11 is 0. The maximum absolute atomic E-state index is 12.4. The number of carboxylic acid groups (broad SMARTS) is 1. The molecule has 20 heavy (non-hydrogen) atoms. The van der Waals surface area contributed by atoms with Crippen LogP contribution in [0.2, 0.25) is 0 Å². The van der Waals surface area contributed by atoms with Gasteiger partial charge in [0.25, 0.3) is 0 Å². The molecule has 1 N–H and O–H groups in total. The van der Waals surface area contributed by atoms with Gasteiger partial charge in [-0.3, -0.25) is 0 Å². The molecule has 0 spiro atoms. The first-order valence-corrected chi connectivity index (χ1v) is 7.10. The lowest BCUT2D eigenvalue weighted by atomic mass is 9.84. The second-order valence-electron chi connectivity index (χ2n) is 6.96. The lowest BCUT2D eigenvalue weighted by molar-refractivity contribution is -0.160. The summed E-state index contributed by atoms with van der Waals surface area (Å²) in [4.78, 5) is 26.5. The minimum absolute atomic E-state index is 0.0502. The topological polar surface area (TPSA) is 70.1 Å². The van der Waals surface area contributed by atoms with Crippen molar-refractivity contribution in [3.63, 3.8) is 0 Å². The van der Waals surface area contributed by atoms with E-state index in [9.17, 15) is 9.59 Å². The minimum Gasteiger partial charge on any atom is -0.480 e. The summed E-state index contributed by atoms with van der Waals surface area (Å²) in [5, 5.41) is 8.62. The van der Waals surface area contributed by atoms with Gasteiger partial charge in [-0.15, -0.1) is 0 Å². The predicted octanol–water partition coefficient (Wildman–Crippen LogP) is 1.40. The number of likely N-dealkylation sites (tertiary alicyclic amines) is 2. The van der Waals surface area contributed by atoms with Crippen molar-refractivity contribution in [2.75, 3.05) is 32.8 Å². The van der Waals surface area contributed by atoms with E-state index in [0.29, 0.717) is 13.1 Å². The van der Waals surface area contributed by atoms with Gasteiger partial charge in [-0.2, -0.15) is 0 Å². The van der Waals surface area contributed by atoms with Crippen molar-refractivity contribution in [1.29, 1.82) is 0 Å². The van der Waals surface area contributed by atoms with E-state index in [1.54, 1.807) is 4.90 Å². The molecule has 2 aliphatic heterocycles. The lowest BCUT2D eigenvalue weighted by Gasteiger charge is -2.50.